The zero-order valence-corrected chi connectivity index (χ0v) is 16.1. The van der Waals surface area contributed by atoms with Gasteiger partial charge in [0.25, 0.3) is 5.91 Å². The molecule has 2 aromatic rings. The molecule has 0 aliphatic rings. The van der Waals surface area contributed by atoms with Crippen molar-refractivity contribution in [3.63, 3.8) is 0 Å². The van der Waals surface area contributed by atoms with Crippen molar-refractivity contribution in [2.24, 2.45) is 0 Å². The third-order valence-corrected chi connectivity index (χ3v) is 3.94. The van der Waals surface area contributed by atoms with Crippen molar-refractivity contribution in [3.05, 3.63) is 47.0 Å². The Balaban J connectivity index is 2.13. The van der Waals surface area contributed by atoms with Crippen LogP contribution in [0.4, 0.5) is 5.69 Å². The van der Waals surface area contributed by atoms with Crippen molar-refractivity contribution < 1.29 is 28.5 Å². The molecule has 144 valence electrons. The van der Waals surface area contributed by atoms with Gasteiger partial charge in [-0.2, -0.15) is 0 Å². The number of ether oxygens (including phenoxy) is 4. The summed E-state index contributed by atoms with van der Waals surface area (Å²) in [6.07, 6.45) is -1.04. The minimum Gasteiger partial charge on any atom is -0.496 e. The van der Waals surface area contributed by atoms with Gasteiger partial charge in [0.05, 0.1) is 21.3 Å². The number of carbonyl (C=O) groups is 2. The van der Waals surface area contributed by atoms with Crippen molar-refractivity contribution in [2.75, 3.05) is 26.6 Å². The van der Waals surface area contributed by atoms with E-state index < -0.39 is 18.0 Å². The Labute approximate surface area is 162 Å². The van der Waals surface area contributed by atoms with Gasteiger partial charge < -0.3 is 24.3 Å². The average Bonchev–Trinajstić information content (AvgIpc) is 2.68. The maximum absolute atomic E-state index is 12.5. The van der Waals surface area contributed by atoms with Crippen molar-refractivity contribution in [1.29, 1.82) is 0 Å². The number of amides is 1. The topological polar surface area (TPSA) is 83.1 Å². The Morgan fingerprint density at radius 1 is 0.926 bits per heavy atom. The summed E-state index contributed by atoms with van der Waals surface area (Å²) in [5, 5.41) is 3.19. The third-order valence-electron chi connectivity index (χ3n) is 3.69. The number of nitrogens with one attached hydrogen (secondary N) is 1. The van der Waals surface area contributed by atoms with Crippen LogP contribution in [0.2, 0.25) is 5.02 Å². The number of hydrogen-bond acceptors (Lipinski definition) is 6. The van der Waals surface area contributed by atoms with Crippen LogP contribution < -0.4 is 19.5 Å². The molecule has 27 heavy (non-hydrogen) atoms. The van der Waals surface area contributed by atoms with E-state index in [1.54, 1.807) is 24.3 Å². The first-order valence-corrected chi connectivity index (χ1v) is 8.34. The maximum atomic E-state index is 12.5. The van der Waals surface area contributed by atoms with Crippen molar-refractivity contribution in [2.45, 2.75) is 13.0 Å². The Morgan fingerprint density at radius 2 is 1.48 bits per heavy atom. The molecule has 8 heteroatoms. The van der Waals surface area contributed by atoms with Crippen LogP contribution in [0.5, 0.6) is 17.2 Å². The predicted octanol–water partition coefficient (Wildman–Crippen LogP) is 3.55. The number of hydrogen-bond donors (Lipinski definition) is 1. The number of anilines is 1. The van der Waals surface area contributed by atoms with Gasteiger partial charge in [-0.1, -0.05) is 11.6 Å². The third kappa shape index (κ3) is 5.04. The lowest BCUT2D eigenvalue weighted by Gasteiger charge is -2.16. The maximum Gasteiger partial charge on any atom is 0.342 e. The molecule has 7 nitrogen and oxygen atoms in total. The summed E-state index contributed by atoms with van der Waals surface area (Å²) in [5.74, 6) is -0.234. The molecule has 0 aromatic heterocycles. The standard InChI is InChI=1S/C19H20ClNO6/c1-11(18(22)21-13-7-5-12(20)6-8-13)27-19(23)14-9-16(25-3)17(26-4)10-15(14)24-2/h5-11H,1-4H3,(H,21,22)/t11-/m1/s1. The predicted molar refractivity (Wildman–Crippen MR) is 101 cm³/mol. The van der Waals surface area contributed by atoms with Gasteiger partial charge in [0, 0.05) is 22.8 Å². The number of halogens is 1. The second-order valence-corrected chi connectivity index (χ2v) is 5.89. The zero-order chi connectivity index (χ0) is 20.0. The summed E-state index contributed by atoms with van der Waals surface area (Å²) in [7, 11) is 4.33. The van der Waals surface area contributed by atoms with E-state index in [1.165, 1.54) is 40.4 Å². The quantitative estimate of drug-likeness (QED) is 0.724. The van der Waals surface area contributed by atoms with E-state index in [9.17, 15) is 9.59 Å². The van der Waals surface area contributed by atoms with E-state index >= 15 is 0 Å². The van der Waals surface area contributed by atoms with Crippen molar-refractivity contribution in [3.8, 4) is 17.2 Å². The fraction of sp³-hybridized carbons (Fsp3) is 0.263. The Bertz CT molecular complexity index is 822. The monoisotopic (exact) mass is 393 g/mol. The molecule has 0 aliphatic carbocycles. The van der Waals surface area contributed by atoms with E-state index in [0.29, 0.717) is 22.2 Å². The largest absolute Gasteiger partial charge is 0.496 e. The molecule has 0 saturated heterocycles. The van der Waals surface area contributed by atoms with Gasteiger partial charge in [-0.15, -0.1) is 0 Å². The molecule has 2 rings (SSSR count). The molecule has 0 bridgehead atoms. The summed E-state index contributed by atoms with van der Waals surface area (Å²) in [4.78, 5) is 24.8. The molecular formula is C19H20ClNO6. The molecule has 2 aromatic carbocycles. The molecular weight excluding hydrogens is 374 g/mol. The molecule has 0 aliphatic heterocycles. The minimum absolute atomic E-state index is 0.112. The number of benzene rings is 2. The Hall–Kier alpha value is -2.93. The van der Waals surface area contributed by atoms with Crippen LogP contribution in [0.1, 0.15) is 17.3 Å². The first kappa shape index (κ1) is 20.4. The molecule has 1 amide bonds. The van der Waals surface area contributed by atoms with E-state index in [-0.39, 0.29) is 11.3 Å². The van der Waals surface area contributed by atoms with Crippen LogP contribution in [0, 0.1) is 0 Å². The molecule has 0 unspecified atom stereocenters. The highest BCUT2D eigenvalue weighted by Crippen LogP contribution is 2.35. The van der Waals surface area contributed by atoms with Crippen LogP contribution in [-0.4, -0.2) is 39.3 Å². The second-order valence-electron chi connectivity index (χ2n) is 5.45. The molecule has 0 saturated carbocycles. The number of methoxy groups -OCH3 is 3. The molecule has 0 fully saturated rings. The summed E-state index contributed by atoms with van der Waals surface area (Å²) in [6.45, 7) is 1.47. The van der Waals surface area contributed by atoms with E-state index in [2.05, 4.69) is 5.32 Å². The summed E-state index contributed by atoms with van der Waals surface area (Å²) in [5.41, 5.74) is 0.650. The molecule has 0 radical (unpaired) electrons. The summed E-state index contributed by atoms with van der Waals surface area (Å²) in [6, 6.07) is 9.51. The number of esters is 1. The second kappa shape index (κ2) is 9.14. The Kier molecular flexibility index (Phi) is 6.90. The fourth-order valence-corrected chi connectivity index (χ4v) is 2.37. The minimum atomic E-state index is -1.04. The highest BCUT2D eigenvalue weighted by atomic mass is 35.5. The highest BCUT2D eigenvalue weighted by Gasteiger charge is 2.23. The lowest BCUT2D eigenvalue weighted by Crippen LogP contribution is -2.30. The van der Waals surface area contributed by atoms with Gasteiger partial charge in [-0.25, -0.2) is 4.79 Å². The van der Waals surface area contributed by atoms with Gasteiger partial charge in [-0.05, 0) is 31.2 Å². The van der Waals surface area contributed by atoms with Crippen LogP contribution in [-0.2, 0) is 9.53 Å². The molecule has 1 N–H and O–H groups in total. The Morgan fingerprint density at radius 3 is 2.04 bits per heavy atom. The SMILES string of the molecule is COc1cc(OC)c(C(=O)O[C@H](C)C(=O)Nc2ccc(Cl)cc2)cc1OC. The van der Waals surface area contributed by atoms with Gasteiger partial charge in [-0.3, -0.25) is 4.79 Å². The average molecular weight is 394 g/mol. The van der Waals surface area contributed by atoms with Crippen molar-refractivity contribution in [1.82, 2.24) is 0 Å². The van der Waals surface area contributed by atoms with Gasteiger partial charge >= 0.3 is 5.97 Å². The molecule has 0 spiro atoms. The first-order valence-electron chi connectivity index (χ1n) is 7.97. The van der Waals surface area contributed by atoms with E-state index in [1.807, 2.05) is 0 Å². The summed E-state index contributed by atoms with van der Waals surface area (Å²) >= 11 is 5.81. The lowest BCUT2D eigenvalue weighted by molar-refractivity contribution is -0.123. The normalized spacial score (nSPS) is 11.3. The van der Waals surface area contributed by atoms with Gasteiger partial charge in [0.15, 0.2) is 17.6 Å². The van der Waals surface area contributed by atoms with Crippen LogP contribution in [0.15, 0.2) is 36.4 Å². The number of rotatable bonds is 7. The highest BCUT2D eigenvalue weighted by molar-refractivity contribution is 6.30. The van der Waals surface area contributed by atoms with Gasteiger partial charge in [0.1, 0.15) is 11.3 Å². The van der Waals surface area contributed by atoms with Crippen LogP contribution in [0.3, 0.4) is 0 Å². The van der Waals surface area contributed by atoms with Crippen LogP contribution in [0.25, 0.3) is 0 Å². The first-order chi connectivity index (χ1) is 12.9. The van der Waals surface area contributed by atoms with Gasteiger partial charge in [0.2, 0.25) is 0 Å². The van der Waals surface area contributed by atoms with Crippen LogP contribution >= 0.6 is 11.6 Å². The fourth-order valence-electron chi connectivity index (χ4n) is 2.24. The smallest absolute Gasteiger partial charge is 0.342 e. The van der Waals surface area contributed by atoms with E-state index in [0.717, 1.165) is 0 Å². The molecule has 1 atom stereocenters. The van der Waals surface area contributed by atoms with Crippen molar-refractivity contribution >= 4 is 29.2 Å². The van der Waals surface area contributed by atoms with E-state index in [4.69, 9.17) is 30.5 Å². The molecule has 0 heterocycles. The summed E-state index contributed by atoms with van der Waals surface area (Å²) < 4.78 is 20.8. The zero-order valence-electron chi connectivity index (χ0n) is 15.4. The number of carbonyl (C=O) groups excluding carboxylic acids is 2. The lowest BCUT2D eigenvalue weighted by atomic mass is 10.1.